The lowest BCUT2D eigenvalue weighted by Crippen LogP contribution is -2.11. The van der Waals surface area contributed by atoms with Gasteiger partial charge in [0.2, 0.25) is 0 Å². The van der Waals surface area contributed by atoms with Crippen molar-refractivity contribution in [1.29, 1.82) is 0 Å². The minimum atomic E-state index is -0.507. The smallest absolute Gasteiger partial charge is 0.366 e. The van der Waals surface area contributed by atoms with E-state index >= 15 is 0 Å². The van der Waals surface area contributed by atoms with Crippen LogP contribution in [0.4, 0.5) is 0 Å². The summed E-state index contributed by atoms with van der Waals surface area (Å²) in [5.74, 6) is -0.0158. The highest BCUT2D eigenvalue weighted by molar-refractivity contribution is 5.90. The van der Waals surface area contributed by atoms with Crippen molar-refractivity contribution in [2.24, 2.45) is 0 Å². The summed E-state index contributed by atoms with van der Waals surface area (Å²) in [4.78, 5) is 12.4. The Balaban J connectivity index is 1.89. The van der Waals surface area contributed by atoms with Crippen LogP contribution in [0.2, 0.25) is 0 Å². The topological polar surface area (TPSA) is 57.0 Å². The van der Waals surface area contributed by atoms with Gasteiger partial charge in [0, 0.05) is 0 Å². The van der Waals surface area contributed by atoms with E-state index in [9.17, 15) is 4.79 Å². The quantitative estimate of drug-likeness (QED) is 0.545. The lowest BCUT2D eigenvalue weighted by molar-refractivity contribution is 0.0727. The van der Waals surface area contributed by atoms with E-state index in [1.807, 2.05) is 52.0 Å². The van der Waals surface area contributed by atoms with Crippen LogP contribution in [0.3, 0.4) is 0 Å². The molecule has 24 heavy (non-hydrogen) atoms. The molecule has 0 fully saturated rings. The Morgan fingerprint density at radius 1 is 0.917 bits per heavy atom. The van der Waals surface area contributed by atoms with E-state index in [1.165, 1.54) is 0 Å². The first-order chi connectivity index (χ1) is 11.4. The van der Waals surface area contributed by atoms with Crippen LogP contribution in [0.1, 0.15) is 32.9 Å². The average molecular weight is 321 g/mol. The molecular weight excluding hydrogens is 302 g/mol. The van der Waals surface area contributed by atoms with Crippen LogP contribution in [-0.2, 0) is 0 Å². The van der Waals surface area contributed by atoms with Crippen molar-refractivity contribution >= 4 is 5.97 Å². The van der Waals surface area contributed by atoms with Gasteiger partial charge in [-0.15, -0.1) is 5.10 Å². The van der Waals surface area contributed by atoms with Crippen molar-refractivity contribution in [2.75, 3.05) is 0 Å². The maximum atomic E-state index is 12.4. The molecule has 3 rings (SSSR count). The number of aryl methyl sites for hydroxylation is 3. The first kappa shape index (κ1) is 15.9. The number of hydrogen-bond donors (Lipinski definition) is 0. The summed E-state index contributed by atoms with van der Waals surface area (Å²) in [6, 6.07) is 13.4. The van der Waals surface area contributed by atoms with E-state index in [0.29, 0.717) is 11.4 Å². The van der Waals surface area contributed by atoms with E-state index in [2.05, 4.69) is 16.4 Å². The van der Waals surface area contributed by atoms with E-state index < -0.39 is 5.97 Å². The highest BCUT2D eigenvalue weighted by Crippen LogP contribution is 2.18. The molecule has 0 bridgehead atoms. The first-order valence-electron chi connectivity index (χ1n) is 7.74. The van der Waals surface area contributed by atoms with Crippen LogP contribution in [-0.4, -0.2) is 21.0 Å². The van der Waals surface area contributed by atoms with Crippen LogP contribution in [0, 0.1) is 27.7 Å². The Morgan fingerprint density at radius 3 is 2.17 bits per heavy atom. The zero-order chi connectivity index (χ0) is 17.3. The van der Waals surface area contributed by atoms with Crippen molar-refractivity contribution in [3.05, 3.63) is 70.5 Å². The second-order valence-corrected chi connectivity index (χ2v) is 5.98. The van der Waals surface area contributed by atoms with Crippen molar-refractivity contribution in [2.45, 2.75) is 27.7 Å². The number of ether oxygens (including phenoxy) is 1. The Kier molecular flexibility index (Phi) is 4.16. The van der Waals surface area contributed by atoms with E-state index in [4.69, 9.17) is 4.74 Å². The molecule has 0 spiro atoms. The zero-order valence-electron chi connectivity index (χ0n) is 14.2. The average Bonchev–Trinajstić information content (AvgIpc) is 2.90. The summed E-state index contributed by atoms with van der Waals surface area (Å²) in [7, 11) is 0. The standard InChI is InChI=1S/C19H19N3O2/c1-12-5-7-17(8-6-12)24-19(23)18-15(4)22(21-20-18)16-10-13(2)9-14(3)11-16/h5-11H,1-4H3. The van der Waals surface area contributed by atoms with Crippen LogP contribution < -0.4 is 4.74 Å². The molecule has 2 aromatic carbocycles. The maximum absolute atomic E-state index is 12.4. The summed E-state index contributed by atoms with van der Waals surface area (Å²) >= 11 is 0. The minimum absolute atomic E-state index is 0.217. The van der Waals surface area contributed by atoms with Crippen molar-refractivity contribution in [3.8, 4) is 11.4 Å². The molecule has 3 aromatic rings. The molecule has 1 aromatic heterocycles. The molecule has 0 atom stereocenters. The molecule has 5 nitrogen and oxygen atoms in total. The first-order valence-corrected chi connectivity index (χ1v) is 7.74. The molecule has 1 heterocycles. The summed E-state index contributed by atoms with van der Waals surface area (Å²) in [6.45, 7) is 7.83. The molecule has 0 aliphatic heterocycles. The highest BCUT2D eigenvalue weighted by Gasteiger charge is 2.19. The third-order valence-electron chi connectivity index (χ3n) is 3.77. The zero-order valence-corrected chi connectivity index (χ0v) is 14.2. The fourth-order valence-electron chi connectivity index (χ4n) is 2.60. The minimum Gasteiger partial charge on any atom is -0.422 e. The Labute approximate surface area is 140 Å². The van der Waals surface area contributed by atoms with Crippen molar-refractivity contribution in [1.82, 2.24) is 15.0 Å². The van der Waals surface area contributed by atoms with Gasteiger partial charge in [-0.2, -0.15) is 0 Å². The molecule has 122 valence electrons. The van der Waals surface area contributed by atoms with Gasteiger partial charge in [-0.05, 0) is 63.1 Å². The molecule has 0 saturated heterocycles. The molecule has 0 saturated carbocycles. The third kappa shape index (κ3) is 3.20. The number of nitrogens with zero attached hydrogens (tertiary/aromatic N) is 3. The second kappa shape index (κ2) is 6.28. The molecule has 0 unspecified atom stereocenters. The lowest BCUT2D eigenvalue weighted by atomic mass is 10.1. The number of esters is 1. The molecular formula is C19H19N3O2. The number of carbonyl (C=O) groups is 1. The van der Waals surface area contributed by atoms with Gasteiger partial charge in [0.25, 0.3) is 0 Å². The van der Waals surface area contributed by atoms with Crippen LogP contribution in [0.25, 0.3) is 5.69 Å². The van der Waals surface area contributed by atoms with Gasteiger partial charge in [0.05, 0.1) is 11.4 Å². The molecule has 0 radical (unpaired) electrons. The SMILES string of the molecule is Cc1ccc(OC(=O)c2nnn(-c3cc(C)cc(C)c3)c2C)cc1. The Hall–Kier alpha value is -2.95. The molecule has 0 N–H and O–H groups in total. The summed E-state index contributed by atoms with van der Waals surface area (Å²) < 4.78 is 7.04. The predicted molar refractivity (Wildman–Crippen MR) is 91.7 cm³/mol. The number of benzene rings is 2. The fraction of sp³-hybridized carbons (Fsp3) is 0.211. The molecule has 0 aliphatic rings. The Morgan fingerprint density at radius 2 is 1.54 bits per heavy atom. The number of carbonyl (C=O) groups excluding carboxylic acids is 1. The fourth-order valence-corrected chi connectivity index (χ4v) is 2.60. The maximum Gasteiger partial charge on any atom is 0.366 e. The molecule has 0 aliphatic carbocycles. The summed E-state index contributed by atoms with van der Waals surface area (Å²) in [5, 5.41) is 8.11. The summed E-state index contributed by atoms with van der Waals surface area (Å²) in [6.07, 6.45) is 0. The summed E-state index contributed by atoms with van der Waals surface area (Å²) in [5.41, 5.74) is 5.11. The van der Waals surface area contributed by atoms with Gasteiger partial charge in [0.1, 0.15) is 5.75 Å². The largest absolute Gasteiger partial charge is 0.422 e. The second-order valence-electron chi connectivity index (χ2n) is 5.98. The third-order valence-corrected chi connectivity index (χ3v) is 3.77. The van der Waals surface area contributed by atoms with Crippen molar-refractivity contribution in [3.63, 3.8) is 0 Å². The lowest BCUT2D eigenvalue weighted by Gasteiger charge is -2.07. The Bertz CT molecular complexity index is 875. The molecule has 0 amide bonds. The van der Waals surface area contributed by atoms with E-state index in [1.54, 1.807) is 16.8 Å². The van der Waals surface area contributed by atoms with Crippen molar-refractivity contribution < 1.29 is 9.53 Å². The van der Waals surface area contributed by atoms with Gasteiger partial charge in [-0.1, -0.05) is 29.0 Å². The van der Waals surface area contributed by atoms with Gasteiger partial charge < -0.3 is 4.74 Å². The van der Waals surface area contributed by atoms with Crippen LogP contribution in [0.5, 0.6) is 5.75 Å². The normalized spacial score (nSPS) is 10.7. The van der Waals surface area contributed by atoms with Gasteiger partial charge in [-0.3, -0.25) is 0 Å². The van der Waals surface area contributed by atoms with Crippen LogP contribution >= 0.6 is 0 Å². The van der Waals surface area contributed by atoms with Gasteiger partial charge >= 0.3 is 5.97 Å². The number of hydrogen-bond acceptors (Lipinski definition) is 4. The van der Waals surface area contributed by atoms with E-state index in [-0.39, 0.29) is 5.69 Å². The number of rotatable bonds is 3. The van der Waals surface area contributed by atoms with Crippen LogP contribution in [0.15, 0.2) is 42.5 Å². The monoisotopic (exact) mass is 321 g/mol. The van der Waals surface area contributed by atoms with Gasteiger partial charge in [-0.25, -0.2) is 9.48 Å². The van der Waals surface area contributed by atoms with E-state index in [0.717, 1.165) is 22.4 Å². The number of aromatic nitrogens is 3. The highest BCUT2D eigenvalue weighted by atomic mass is 16.5. The molecule has 5 heteroatoms. The van der Waals surface area contributed by atoms with Gasteiger partial charge in [0.15, 0.2) is 5.69 Å². The predicted octanol–water partition coefficient (Wildman–Crippen LogP) is 3.72.